The van der Waals surface area contributed by atoms with E-state index in [0.29, 0.717) is 11.6 Å². The maximum absolute atomic E-state index is 5.84. The van der Waals surface area contributed by atoms with Gasteiger partial charge < -0.3 is 15.0 Å². The molecule has 0 amide bonds. The molecule has 4 heteroatoms. The monoisotopic (exact) mass is 286 g/mol. The highest BCUT2D eigenvalue weighted by molar-refractivity contribution is 6.30. The summed E-state index contributed by atoms with van der Waals surface area (Å²) in [7, 11) is 0. The standard InChI is InChI=1S/C16H15ClN2O/c17-13-1-4-15(5-2-13)20-10-9-19-8-7-12-11-14(18)3-6-16(12)19/h1-8,11H,9-10,18H2. The molecule has 0 fully saturated rings. The van der Waals surface area contributed by atoms with Gasteiger partial charge in [-0.1, -0.05) is 11.6 Å². The zero-order valence-electron chi connectivity index (χ0n) is 10.9. The van der Waals surface area contributed by atoms with E-state index in [-0.39, 0.29) is 0 Å². The SMILES string of the molecule is Nc1ccc2c(ccn2CCOc2ccc(Cl)cc2)c1. The van der Waals surface area contributed by atoms with E-state index in [1.54, 1.807) is 0 Å². The Labute approximate surface area is 122 Å². The summed E-state index contributed by atoms with van der Waals surface area (Å²) >= 11 is 5.84. The molecule has 0 spiro atoms. The second-order valence-electron chi connectivity index (χ2n) is 4.63. The van der Waals surface area contributed by atoms with Gasteiger partial charge in [0, 0.05) is 27.8 Å². The maximum Gasteiger partial charge on any atom is 0.119 e. The van der Waals surface area contributed by atoms with Gasteiger partial charge in [-0.05, 0) is 48.5 Å². The lowest BCUT2D eigenvalue weighted by molar-refractivity contribution is 0.300. The molecule has 0 saturated heterocycles. The van der Waals surface area contributed by atoms with Crippen LogP contribution in [0.1, 0.15) is 0 Å². The molecule has 0 aliphatic rings. The minimum Gasteiger partial charge on any atom is -0.492 e. The summed E-state index contributed by atoms with van der Waals surface area (Å²) in [5.74, 6) is 0.829. The van der Waals surface area contributed by atoms with Crippen molar-refractivity contribution in [3.8, 4) is 5.75 Å². The van der Waals surface area contributed by atoms with E-state index in [9.17, 15) is 0 Å². The molecule has 0 aliphatic carbocycles. The van der Waals surface area contributed by atoms with Gasteiger partial charge in [-0.2, -0.15) is 0 Å². The largest absolute Gasteiger partial charge is 0.492 e. The molecule has 20 heavy (non-hydrogen) atoms. The van der Waals surface area contributed by atoms with Crippen LogP contribution >= 0.6 is 11.6 Å². The fraction of sp³-hybridized carbons (Fsp3) is 0.125. The molecule has 2 aromatic carbocycles. The molecular weight excluding hydrogens is 272 g/mol. The van der Waals surface area contributed by atoms with Gasteiger partial charge in [0.2, 0.25) is 0 Å². The van der Waals surface area contributed by atoms with Gasteiger partial charge in [0.25, 0.3) is 0 Å². The second kappa shape index (κ2) is 5.47. The van der Waals surface area contributed by atoms with E-state index < -0.39 is 0 Å². The molecule has 1 heterocycles. The Hall–Kier alpha value is -2.13. The van der Waals surface area contributed by atoms with Gasteiger partial charge in [-0.25, -0.2) is 0 Å². The molecule has 0 atom stereocenters. The molecular formula is C16H15ClN2O. The molecule has 1 aromatic heterocycles. The predicted octanol–water partition coefficient (Wildman–Crippen LogP) is 3.96. The van der Waals surface area contributed by atoms with Gasteiger partial charge in [0.05, 0.1) is 6.54 Å². The zero-order valence-corrected chi connectivity index (χ0v) is 11.7. The summed E-state index contributed by atoms with van der Waals surface area (Å²) in [6.07, 6.45) is 2.05. The Bertz CT molecular complexity index is 719. The Morgan fingerprint density at radius 1 is 1.05 bits per heavy atom. The summed E-state index contributed by atoms with van der Waals surface area (Å²) in [6, 6.07) is 15.4. The third-order valence-electron chi connectivity index (χ3n) is 3.21. The minimum absolute atomic E-state index is 0.607. The summed E-state index contributed by atoms with van der Waals surface area (Å²) < 4.78 is 7.86. The Kier molecular flexibility index (Phi) is 3.52. The van der Waals surface area contributed by atoms with Crippen LogP contribution < -0.4 is 10.5 Å². The maximum atomic E-state index is 5.84. The zero-order chi connectivity index (χ0) is 13.9. The highest BCUT2D eigenvalue weighted by Crippen LogP contribution is 2.19. The average molecular weight is 287 g/mol. The van der Waals surface area contributed by atoms with Crippen LogP contribution in [0.2, 0.25) is 5.02 Å². The molecule has 3 aromatic rings. The van der Waals surface area contributed by atoms with E-state index in [2.05, 4.69) is 16.8 Å². The Morgan fingerprint density at radius 2 is 1.85 bits per heavy atom. The lowest BCUT2D eigenvalue weighted by Gasteiger charge is -2.08. The molecule has 0 unspecified atom stereocenters. The van der Waals surface area contributed by atoms with Crippen LogP contribution in [-0.2, 0) is 6.54 Å². The van der Waals surface area contributed by atoms with Crippen molar-refractivity contribution in [3.63, 3.8) is 0 Å². The molecule has 0 saturated carbocycles. The van der Waals surface area contributed by atoms with Gasteiger partial charge >= 0.3 is 0 Å². The van der Waals surface area contributed by atoms with Crippen LogP contribution in [0.15, 0.2) is 54.7 Å². The molecule has 3 rings (SSSR count). The van der Waals surface area contributed by atoms with Crippen LogP contribution in [0.3, 0.4) is 0 Å². The number of ether oxygens (including phenoxy) is 1. The van der Waals surface area contributed by atoms with Crippen LogP contribution in [-0.4, -0.2) is 11.2 Å². The lowest BCUT2D eigenvalue weighted by Crippen LogP contribution is -2.07. The number of nitrogen functional groups attached to an aromatic ring is 1. The molecule has 0 bridgehead atoms. The summed E-state index contributed by atoms with van der Waals surface area (Å²) in [4.78, 5) is 0. The number of nitrogens with two attached hydrogens (primary N) is 1. The number of fused-ring (bicyclic) bond motifs is 1. The van der Waals surface area contributed by atoms with Gasteiger partial charge in [-0.15, -0.1) is 0 Å². The smallest absolute Gasteiger partial charge is 0.119 e. The first-order chi connectivity index (χ1) is 9.72. The van der Waals surface area contributed by atoms with Gasteiger partial charge in [0.15, 0.2) is 0 Å². The number of rotatable bonds is 4. The first-order valence-electron chi connectivity index (χ1n) is 6.45. The second-order valence-corrected chi connectivity index (χ2v) is 5.07. The van der Waals surface area contributed by atoms with Crippen molar-refractivity contribution in [1.82, 2.24) is 4.57 Å². The van der Waals surface area contributed by atoms with E-state index in [0.717, 1.165) is 23.4 Å². The topological polar surface area (TPSA) is 40.2 Å². The highest BCUT2D eigenvalue weighted by atomic mass is 35.5. The highest BCUT2D eigenvalue weighted by Gasteiger charge is 2.01. The normalized spacial score (nSPS) is 10.8. The summed E-state index contributed by atoms with van der Waals surface area (Å²) in [5.41, 5.74) is 7.73. The molecule has 3 nitrogen and oxygen atoms in total. The number of halogens is 1. The fourth-order valence-electron chi connectivity index (χ4n) is 2.21. The average Bonchev–Trinajstić information content (AvgIpc) is 2.83. The van der Waals surface area contributed by atoms with Crippen LogP contribution in [0.25, 0.3) is 10.9 Å². The van der Waals surface area contributed by atoms with E-state index in [1.165, 1.54) is 5.52 Å². The van der Waals surface area contributed by atoms with Crippen molar-refractivity contribution >= 4 is 28.2 Å². The van der Waals surface area contributed by atoms with Crippen molar-refractivity contribution in [2.24, 2.45) is 0 Å². The molecule has 0 aliphatic heterocycles. The van der Waals surface area contributed by atoms with E-state index in [4.69, 9.17) is 22.1 Å². The van der Waals surface area contributed by atoms with Crippen molar-refractivity contribution in [2.45, 2.75) is 6.54 Å². The van der Waals surface area contributed by atoms with Crippen molar-refractivity contribution in [2.75, 3.05) is 12.3 Å². The van der Waals surface area contributed by atoms with Crippen molar-refractivity contribution in [1.29, 1.82) is 0 Å². The number of hydrogen-bond acceptors (Lipinski definition) is 2. The van der Waals surface area contributed by atoms with Gasteiger partial charge in [-0.3, -0.25) is 0 Å². The van der Waals surface area contributed by atoms with Crippen LogP contribution in [0, 0.1) is 0 Å². The quantitative estimate of drug-likeness (QED) is 0.738. The number of nitrogens with zero attached hydrogens (tertiary/aromatic N) is 1. The Morgan fingerprint density at radius 3 is 2.65 bits per heavy atom. The first kappa shape index (κ1) is 12.9. The predicted molar refractivity (Wildman–Crippen MR) is 83.3 cm³/mol. The van der Waals surface area contributed by atoms with E-state index in [1.807, 2.05) is 42.5 Å². The summed E-state index contributed by atoms with van der Waals surface area (Å²) in [6.45, 7) is 1.39. The fourth-order valence-corrected chi connectivity index (χ4v) is 2.33. The minimum atomic E-state index is 0.607. The molecule has 2 N–H and O–H groups in total. The van der Waals surface area contributed by atoms with E-state index >= 15 is 0 Å². The van der Waals surface area contributed by atoms with Crippen molar-refractivity contribution in [3.05, 3.63) is 59.8 Å². The molecule has 102 valence electrons. The number of hydrogen-bond donors (Lipinski definition) is 1. The number of aromatic nitrogens is 1. The third kappa shape index (κ3) is 2.73. The third-order valence-corrected chi connectivity index (χ3v) is 3.46. The van der Waals surface area contributed by atoms with Crippen molar-refractivity contribution < 1.29 is 4.74 Å². The number of benzene rings is 2. The summed E-state index contributed by atoms with van der Waals surface area (Å²) in [5, 5.41) is 1.86. The Balaban J connectivity index is 1.66. The lowest BCUT2D eigenvalue weighted by atomic mass is 10.2. The first-order valence-corrected chi connectivity index (χ1v) is 6.83. The molecule has 0 radical (unpaired) electrons. The van der Waals surface area contributed by atoms with Crippen LogP contribution in [0.4, 0.5) is 5.69 Å². The number of anilines is 1. The van der Waals surface area contributed by atoms with Gasteiger partial charge in [0.1, 0.15) is 12.4 Å². The van der Waals surface area contributed by atoms with Crippen LogP contribution in [0.5, 0.6) is 5.75 Å².